The Morgan fingerprint density at radius 3 is 2.31 bits per heavy atom. The molecule has 1 aliphatic heterocycles. The van der Waals surface area contributed by atoms with Gasteiger partial charge in [-0.1, -0.05) is 72.3 Å². The monoisotopic (exact) mass is 680 g/mol. The fraction of sp³-hybridized carbons (Fsp3) is 0.263. The molecule has 48 heavy (non-hydrogen) atoms. The van der Waals surface area contributed by atoms with E-state index in [0.29, 0.717) is 40.3 Å². The molecule has 3 aromatic carbocycles. The number of aromatic amines is 1. The summed E-state index contributed by atoms with van der Waals surface area (Å²) in [5.41, 5.74) is 3.95. The first kappa shape index (κ1) is 33.3. The number of benzene rings is 3. The average molecular weight is 681 g/mol. The van der Waals surface area contributed by atoms with Crippen LogP contribution in [0.25, 0.3) is 10.9 Å². The minimum absolute atomic E-state index is 0.168. The summed E-state index contributed by atoms with van der Waals surface area (Å²) in [7, 11) is 0. The van der Waals surface area contributed by atoms with Crippen molar-refractivity contribution in [3.63, 3.8) is 0 Å². The predicted octanol–water partition coefficient (Wildman–Crippen LogP) is 7.35. The number of H-pyrrole nitrogens is 1. The van der Waals surface area contributed by atoms with Gasteiger partial charge >= 0.3 is 5.97 Å². The Labute approximate surface area is 289 Å². The second-order valence-electron chi connectivity index (χ2n) is 11.8. The molecule has 0 bridgehead atoms. The van der Waals surface area contributed by atoms with Crippen LogP contribution in [0.3, 0.4) is 0 Å². The minimum Gasteiger partial charge on any atom is -0.462 e. The first-order chi connectivity index (χ1) is 23.4. The molecule has 6 rings (SSSR count). The third-order valence-electron chi connectivity index (χ3n) is 8.72. The number of nitrogens with zero attached hydrogens (tertiary/aromatic N) is 2. The number of hydrogen-bond donors (Lipinski definition) is 2. The molecule has 5 aromatic rings. The zero-order chi connectivity index (χ0) is 33.5. The molecule has 246 valence electrons. The Hall–Kier alpha value is -4.60. The molecule has 2 aromatic heterocycles. The maximum absolute atomic E-state index is 14.2. The number of likely N-dealkylation sites (tertiary alicyclic amines) is 1. The van der Waals surface area contributed by atoms with Gasteiger partial charge in [-0.15, -0.1) is 11.8 Å². The standard InChI is InChI=1S/C38H37ClN4O4S/c1-2-47-38(46)30-14-9-19-40-36(30)48-24-33(42-35(44)32-23-28-22-29(39)15-16-31(28)41-32)37(45)43-20-17-27(18-21-43)34(25-10-5-3-6-11-25)26-12-7-4-8-13-26/h3-16,19,22-23,27,33-34,41H,2,17-18,20-21,24H2,1H3,(H,42,44)/t33-/m0/s1. The number of carbonyl (C=O) groups is 3. The third kappa shape index (κ3) is 7.75. The molecule has 8 nitrogen and oxygen atoms in total. The first-order valence-electron chi connectivity index (χ1n) is 16.1. The van der Waals surface area contributed by atoms with E-state index in [1.54, 1.807) is 43.5 Å². The summed E-state index contributed by atoms with van der Waals surface area (Å²) in [6.07, 6.45) is 3.24. The maximum atomic E-state index is 14.2. The lowest BCUT2D eigenvalue weighted by molar-refractivity contribution is -0.134. The van der Waals surface area contributed by atoms with Crippen molar-refractivity contribution in [3.8, 4) is 0 Å². The number of hydrogen-bond acceptors (Lipinski definition) is 6. The summed E-state index contributed by atoms with van der Waals surface area (Å²) in [4.78, 5) is 49.8. The van der Waals surface area contributed by atoms with Crippen LogP contribution >= 0.6 is 23.4 Å². The second kappa shape index (κ2) is 15.5. The van der Waals surface area contributed by atoms with Gasteiger partial charge in [0, 0.05) is 46.9 Å². The molecular weight excluding hydrogens is 644 g/mol. The van der Waals surface area contributed by atoms with E-state index in [9.17, 15) is 14.4 Å². The van der Waals surface area contributed by atoms with Crippen LogP contribution in [-0.2, 0) is 9.53 Å². The molecule has 1 fully saturated rings. The normalized spacial score (nSPS) is 14.2. The van der Waals surface area contributed by atoms with Crippen molar-refractivity contribution in [1.29, 1.82) is 0 Å². The summed E-state index contributed by atoms with van der Waals surface area (Å²) in [6, 6.07) is 30.6. The average Bonchev–Trinajstić information content (AvgIpc) is 3.55. The van der Waals surface area contributed by atoms with Crippen molar-refractivity contribution in [2.75, 3.05) is 25.4 Å². The van der Waals surface area contributed by atoms with Gasteiger partial charge in [-0.25, -0.2) is 9.78 Å². The predicted molar refractivity (Wildman–Crippen MR) is 190 cm³/mol. The van der Waals surface area contributed by atoms with Gasteiger partial charge in [0.15, 0.2) is 0 Å². The number of thioether (sulfide) groups is 1. The van der Waals surface area contributed by atoms with Crippen molar-refractivity contribution >= 4 is 52.0 Å². The maximum Gasteiger partial charge on any atom is 0.340 e. The Balaban J connectivity index is 1.21. The lowest BCUT2D eigenvalue weighted by Gasteiger charge is -2.38. The van der Waals surface area contributed by atoms with E-state index >= 15 is 0 Å². The van der Waals surface area contributed by atoms with Gasteiger partial charge in [-0.2, -0.15) is 0 Å². The summed E-state index contributed by atoms with van der Waals surface area (Å²) in [5, 5.41) is 4.78. The number of nitrogens with one attached hydrogen (secondary N) is 2. The number of aromatic nitrogens is 2. The van der Waals surface area contributed by atoms with Gasteiger partial charge in [0.1, 0.15) is 16.8 Å². The van der Waals surface area contributed by atoms with Gasteiger partial charge in [0.25, 0.3) is 5.91 Å². The lowest BCUT2D eigenvalue weighted by atomic mass is 9.76. The van der Waals surface area contributed by atoms with Crippen molar-refractivity contribution in [1.82, 2.24) is 20.2 Å². The fourth-order valence-electron chi connectivity index (χ4n) is 6.40. The van der Waals surface area contributed by atoms with Crippen LogP contribution in [-0.4, -0.2) is 64.1 Å². The minimum atomic E-state index is -0.870. The summed E-state index contributed by atoms with van der Waals surface area (Å²) in [6.45, 7) is 3.11. The van der Waals surface area contributed by atoms with Crippen LogP contribution in [0.15, 0.2) is 108 Å². The lowest BCUT2D eigenvalue weighted by Crippen LogP contribution is -2.52. The van der Waals surface area contributed by atoms with Crippen LogP contribution in [0.4, 0.5) is 0 Å². The zero-order valence-corrected chi connectivity index (χ0v) is 28.2. The summed E-state index contributed by atoms with van der Waals surface area (Å²) < 4.78 is 5.22. The van der Waals surface area contributed by atoms with Gasteiger partial charge in [0.05, 0.1) is 12.2 Å². The molecule has 0 unspecified atom stereocenters. The molecule has 1 saturated heterocycles. The molecule has 1 aliphatic rings. The largest absolute Gasteiger partial charge is 0.462 e. The van der Waals surface area contributed by atoms with E-state index in [1.165, 1.54) is 22.9 Å². The van der Waals surface area contributed by atoms with Crippen LogP contribution in [0.5, 0.6) is 0 Å². The van der Waals surface area contributed by atoms with E-state index in [1.807, 2.05) is 23.1 Å². The van der Waals surface area contributed by atoms with E-state index in [-0.39, 0.29) is 24.2 Å². The molecule has 10 heteroatoms. The quantitative estimate of drug-likeness (QED) is 0.112. The number of ether oxygens (including phenoxy) is 1. The molecule has 0 spiro atoms. The number of fused-ring (bicyclic) bond motifs is 1. The van der Waals surface area contributed by atoms with Gasteiger partial charge < -0.3 is 19.9 Å². The van der Waals surface area contributed by atoms with E-state index < -0.39 is 17.9 Å². The summed E-state index contributed by atoms with van der Waals surface area (Å²) >= 11 is 7.41. The Kier molecular flexibility index (Phi) is 10.8. The number of amides is 2. The SMILES string of the molecule is CCOC(=O)c1cccnc1SC[C@H](NC(=O)c1cc2cc(Cl)ccc2[nH]1)C(=O)N1CCC(C(c2ccccc2)c2ccccc2)CC1. The molecular formula is C38H37ClN4O4S. The highest BCUT2D eigenvalue weighted by atomic mass is 35.5. The Morgan fingerprint density at radius 2 is 1.65 bits per heavy atom. The summed E-state index contributed by atoms with van der Waals surface area (Å²) in [5.74, 6) is -0.313. The van der Waals surface area contributed by atoms with Crippen LogP contribution in [0.2, 0.25) is 5.02 Å². The molecule has 0 aliphatic carbocycles. The van der Waals surface area contributed by atoms with Gasteiger partial charge in [0.2, 0.25) is 5.91 Å². The number of esters is 1. The highest BCUT2D eigenvalue weighted by molar-refractivity contribution is 7.99. The van der Waals surface area contributed by atoms with E-state index in [2.05, 4.69) is 63.8 Å². The van der Waals surface area contributed by atoms with Crippen molar-refractivity contribution in [3.05, 3.63) is 131 Å². The fourth-order valence-corrected chi connectivity index (χ4v) is 7.57. The Morgan fingerprint density at radius 1 is 0.958 bits per heavy atom. The zero-order valence-electron chi connectivity index (χ0n) is 26.6. The van der Waals surface area contributed by atoms with Crippen molar-refractivity contribution in [2.24, 2.45) is 5.92 Å². The van der Waals surface area contributed by atoms with Crippen LogP contribution in [0.1, 0.15) is 57.7 Å². The first-order valence-corrected chi connectivity index (χ1v) is 17.5. The molecule has 3 heterocycles. The number of piperidine rings is 1. The molecule has 2 N–H and O–H groups in total. The van der Waals surface area contributed by atoms with Crippen molar-refractivity contribution in [2.45, 2.75) is 36.8 Å². The number of rotatable bonds is 11. The van der Waals surface area contributed by atoms with E-state index in [4.69, 9.17) is 16.3 Å². The smallest absolute Gasteiger partial charge is 0.340 e. The second-order valence-corrected chi connectivity index (χ2v) is 13.2. The van der Waals surface area contributed by atoms with Crippen LogP contribution in [0, 0.1) is 5.92 Å². The van der Waals surface area contributed by atoms with E-state index in [0.717, 1.165) is 23.7 Å². The number of halogens is 1. The highest BCUT2D eigenvalue weighted by Gasteiger charge is 2.34. The number of carbonyl (C=O) groups excluding carboxylic acids is 3. The number of pyridine rings is 1. The highest BCUT2D eigenvalue weighted by Crippen LogP contribution is 2.38. The van der Waals surface area contributed by atoms with Crippen LogP contribution < -0.4 is 5.32 Å². The third-order valence-corrected chi connectivity index (χ3v) is 10.1. The topological polar surface area (TPSA) is 104 Å². The Bertz CT molecular complexity index is 1840. The van der Waals surface area contributed by atoms with Gasteiger partial charge in [-0.3, -0.25) is 9.59 Å². The molecule has 1 atom stereocenters. The van der Waals surface area contributed by atoms with Crippen molar-refractivity contribution < 1.29 is 19.1 Å². The molecule has 0 radical (unpaired) electrons. The molecule has 0 saturated carbocycles. The molecule has 2 amide bonds. The van der Waals surface area contributed by atoms with Gasteiger partial charge in [-0.05, 0) is 73.2 Å².